The van der Waals surface area contributed by atoms with Gasteiger partial charge in [-0.15, -0.1) is 0 Å². The molecule has 282 valence electrons. The minimum absolute atomic E-state index is 0.0563. The van der Waals surface area contributed by atoms with Crippen LogP contribution in [0.15, 0.2) is 139 Å². The number of halogens is 1. The Labute approximate surface area is 311 Å². The van der Waals surface area contributed by atoms with E-state index in [-0.39, 0.29) is 29.6 Å². The minimum atomic E-state index is -1.12. The Morgan fingerprint density at radius 2 is 1.64 bits per heavy atom. The molecular formula is C41H51FN6O5. The number of carbonyl (C=O) groups excluding carboxylic acids is 4. The van der Waals surface area contributed by atoms with E-state index in [2.05, 4.69) is 58.2 Å². The van der Waals surface area contributed by atoms with Crippen molar-refractivity contribution in [2.45, 2.75) is 59.7 Å². The summed E-state index contributed by atoms with van der Waals surface area (Å²) >= 11 is 0. The van der Waals surface area contributed by atoms with E-state index in [1.807, 2.05) is 44.2 Å². The fraction of sp³-hybridized carbons (Fsp3) is 0.268. The number of amides is 5. The lowest BCUT2D eigenvalue weighted by Gasteiger charge is -2.20. The van der Waals surface area contributed by atoms with Gasteiger partial charge in [0.25, 0.3) is 0 Å². The average Bonchev–Trinajstić information content (AvgIpc) is 3.42. The maximum Gasteiger partial charge on any atom is 0.315 e. The molecule has 1 aliphatic heterocycles. The summed E-state index contributed by atoms with van der Waals surface area (Å²) in [5, 5.41) is 25.9. The van der Waals surface area contributed by atoms with Crippen LogP contribution in [-0.2, 0) is 20.9 Å². The second kappa shape index (κ2) is 21.4. The Hall–Kier alpha value is -6.01. The minimum Gasteiger partial charge on any atom is -0.394 e. The molecule has 2 aromatic carbocycles. The van der Waals surface area contributed by atoms with E-state index in [1.54, 1.807) is 45.1 Å². The molecule has 11 nitrogen and oxygen atoms in total. The molecule has 0 aromatic heterocycles. The molecule has 3 atom stereocenters. The molecular weight excluding hydrogens is 675 g/mol. The SMILES string of the molecule is C=C1/C(=C\C=C(/C)C(=O)NC(C)c2ccc(F)cc2)NC(=O)C1CC.C=CC(=C)N/C(C)=C(/NC(=O)[C@H](CO)NC(=O)NCc1ccccc1)C(=C)C. The maximum absolute atomic E-state index is 13.0. The molecule has 2 aromatic rings. The first kappa shape index (κ1) is 43.2. The Kier molecular flexibility index (Phi) is 17.4. The molecule has 0 spiro atoms. The van der Waals surface area contributed by atoms with Gasteiger partial charge in [0.05, 0.1) is 24.3 Å². The zero-order valence-electron chi connectivity index (χ0n) is 31.1. The number of hydrogen-bond acceptors (Lipinski definition) is 6. The molecule has 0 saturated carbocycles. The zero-order valence-corrected chi connectivity index (χ0v) is 31.1. The third-order valence-corrected chi connectivity index (χ3v) is 8.07. The normalized spacial score (nSPS) is 16.1. The van der Waals surface area contributed by atoms with Gasteiger partial charge in [-0.05, 0) is 80.7 Å². The van der Waals surface area contributed by atoms with Crippen molar-refractivity contribution in [3.8, 4) is 0 Å². The first-order valence-electron chi connectivity index (χ1n) is 17.0. The van der Waals surface area contributed by atoms with Crippen molar-refractivity contribution in [2.75, 3.05) is 6.61 Å². The summed E-state index contributed by atoms with van der Waals surface area (Å²) in [5.74, 6) is -1.36. The lowest BCUT2D eigenvalue weighted by atomic mass is 9.99. The zero-order chi connectivity index (χ0) is 39.7. The van der Waals surface area contributed by atoms with Crippen LogP contribution in [0.3, 0.4) is 0 Å². The first-order valence-corrected chi connectivity index (χ1v) is 17.0. The second-order valence-corrected chi connectivity index (χ2v) is 12.3. The van der Waals surface area contributed by atoms with Gasteiger partial charge in [-0.25, -0.2) is 9.18 Å². The molecule has 53 heavy (non-hydrogen) atoms. The Bertz CT molecular complexity index is 1780. The largest absolute Gasteiger partial charge is 0.394 e. The number of aliphatic hydroxyl groups is 1. The highest BCUT2D eigenvalue weighted by Crippen LogP contribution is 2.26. The number of hydrogen-bond donors (Lipinski definition) is 7. The molecule has 12 heteroatoms. The van der Waals surface area contributed by atoms with Gasteiger partial charge in [0, 0.05) is 29.2 Å². The Morgan fingerprint density at radius 3 is 2.19 bits per heavy atom. The smallest absolute Gasteiger partial charge is 0.315 e. The lowest BCUT2D eigenvalue weighted by Crippen LogP contribution is -2.51. The van der Waals surface area contributed by atoms with E-state index in [0.717, 1.165) is 16.7 Å². The Balaban J connectivity index is 0.000000369. The molecule has 1 fully saturated rings. The average molecular weight is 727 g/mol. The van der Waals surface area contributed by atoms with Crippen molar-refractivity contribution < 1.29 is 28.7 Å². The number of urea groups is 1. The van der Waals surface area contributed by atoms with Crippen molar-refractivity contribution in [3.05, 3.63) is 156 Å². The van der Waals surface area contributed by atoms with Crippen LogP contribution >= 0.6 is 0 Å². The Morgan fingerprint density at radius 1 is 1.00 bits per heavy atom. The predicted octanol–water partition coefficient (Wildman–Crippen LogP) is 5.61. The van der Waals surface area contributed by atoms with Gasteiger partial charge in [0.1, 0.15) is 11.9 Å². The van der Waals surface area contributed by atoms with Crippen LogP contribution in [0.4, 0.5) is 9.18 Å². The third kappa shape index (κ3) is 13.9. The summed E-state index contributed by atoms with van der Waals surface area (Å²) in [6.07, 6.45) is 5.59. The van der Waals surface area contributed by atoms with Crippen molar-refractivity contribution >= 4 is 23.8 Å². The summed E-state index contributed by atoms with van der Waals surface area (Å²) in [4.78, 5) is 48.6. The fourth-order valence-corrected chi connectivity index (χ4v) is 4.92. The van der Waals surface area contributed by atoms with Crippen LogP contribution in [0.5, 0.6) is 0 Å². The van der Waals surface area contributed by atoms with Crippen molar-refractivity contribution in [2.24, 2.45) is 5.92 Å². The molecule has 0 bridgehead atoms. The number of aliphatic hydroxyl groups excluding tert-OH is 1. The molecule has 1 heterocycles. The summed E-state index contributed by atoms with van der Waals surface area (Å²) < 4.78 is 13.0. The standard InChI is InChI=1S/C21H28N4O3.C20H23FN2O2/c1-6-15(4)23-16(5)19(14(2)3)25-20(27)18(13-26)24-21(28)22-12-17-10-8-7-9-11-17;1-5-17-13(3)18(23-20(17)25)11-6-12(2)19(24)22-14(4)15-7-9-16(21)10-8-15/h6-11,18,23,26H,1-2,4,12-13H2,3,5H3,(H,25,27)(H2,22,24,28);6-11,14,17H,3,5H2,1-2,4H3,(H,22,24)(H,23,25)/b19-16+;12-6+,18-11+/t18-;/m0./s1. The number of allylic oxidation sites excluding steroid dienone is 6. The van der Waals surface area contributed by atoms with Gasteiger partial charge >= 0.3 is 6.03 Å². The highest BCUT2D eigenvalue weighted by molar-refractivity contribution is 5.94. The molecule has 1 aliphatic rings. The van der Waals surface area contributed by atoms with Gasteiger partial charge in [0.15, 0.2) is 0 Å². The van der Waals surface area contributed by atoms with Crippen molar-refractivity contribution in [1.82, 2.24) is 31.9 Å². The fourth-order valence-electron chi connectivity index (χ4n) is 4.92. The van der Waals surface area contributed by atoms with Crippen LogP contribution < -0.4 is 31.9 Å². The molecule has 3 rings (SSSR count). The van der Waals surface area contributed by atoms with Crippen molar-refractivity contribution in [1.29, 1.82) is 0 Å². The van der Waals surface area contributed by atoms with Crippen LogP contribution in [-0.4, -0.2) is 41.5 Å². The summed E-state index contributed by atoms with van der Waals surface area (Å²) in [7, 11) is 0. The number of carbonyl (C=O) groups is 4. The van der Waals surface area contributed by atoms with Gasteiger partial charge in [-0.3, -0.25) is 14.4 Å². The highest BCUT2D eigenvalue weighted by atomic mass is 19.1. The number of nitrogens with one attached hydrogen (secondary N) is 6. The van der Waals surface area contributed by atoms with E-state index < -0.39 is 24.6 Å². The van der Waals surface area contributed by atoms with Crippen LogP contribution in [0.2, 0.25) is 0 Å². The van der Waals surface area contributed by atoms with Crippen LogP contribution in [0.1, 0.15) is 58.2 Å². The van der Waals surface area contributed by atoms with Crippen LogP contribution in [0, 0.1) is 11.7 Å². The summed E-state index contributed by atoms with van der Waals surface area (Å²) in [6.45, 7) is 23.8. The number of benzene rings is 2. The maximum atomic E-state index is 13.0. The van der Waals surface area contributed by atoms with Gasteiger partial charge in [0.2, 0.25) is 17.7 Å². The molecule has 5 amide bonds. The predicted molar refractivity (Wildman–Crippen MR) is 207 cm³/mol. The highest BCUT2D eigenvalue weighted by Gasteiger charge is 2.30. The van der Waals surface area contributed by atoms with E-state index in [1.165, 1.54) is 18.2 Å². The monoisotopic (exact) mass is 726 g/mol. The topological polar surface area (TPSA) is 161 Å². The molecule has 2 unspecified atom stereocenters. The van der Waals surface area contributed by atoms with Gasteiger partial charge in [-0.2, -0.15) is 0 Å². The quantitative estimate of drug-likeness (QED) is 0.0934. The van der Waals surface area contributed by atoms with E-state index >= 15 is 0 Å². The first-order chi connectivity index (χ1) is 25.1. The summed E-state index contributed by atoms with van der Waals surface area (Å²) in [5.41, 5.74) is 5.84. The van der Waals surface area contributed by atoms with Gasteiger partial charge < -0.3 is 37.0 Å². The van der Waals surface area contributed by atoms with Gasteiger partial charge in [-0.1, -0.05) is 81.8 Å². The van der Waals surface area contributed by atoms with E-state index in [9.17, 15) is 28.7 Å². The third-order valence-electron chi connectivity index (χ3n) is 8.07. The second-order valence-electron chi connectivity index (χ2n) is 12.3. The van der Waals surface area contributed by atoms with Crippen molar-refractivity contribution in [3.63, 3.8) is 0 Å². The summed E-state index contributed by atoms with van der Waals surface area (Å²) in [6, 6.07) is 13.4. The number of rotatable bonds is 15. The van der Waals surface area contributed by atoms with Crippen LogP contribution in [0.25, 0.3) is 0 Å². The molecule has 0 radical (unpaired) electrons. The van der Waals surface area contributed by atoms with E-state index in [4.69, 9.17) is 0 Å². The molecule has 0 aliphatic carbocycles. The van der Waals surface area contributed by atoms with E-state index in [0.29, 0.717) is 46.9 Å². The molecule has 7 N–H and O–H groups in total. The lowest BCUT2D eigenvalue weighted by molar-refractivity contribution is -0.123. The molecule has 1 saturated heterocycles.